The van der Waals surface area contributed by atoms with Crippen LogP contribution < -0.4 is 10.6 Å². The van der Waals surface area contributed by atoms with Gasteiger partial charge in [-0.05, 0) is 69.1 Å². The second kappa shape index (κ2) is 9.07. The van der Waals surface area contributed by atoms with Crippen LogP contribution in [0.25, 0.3) is 0 Å². The number of likely N-dealkylation sites (tertiary alicyclic amines) is 1. The summed E-state index contributed by atoms with van der Waals surface area (Å²) in [6, 6.07) is 8.12. The van der Waals surface area contributed by atoms with Crippen molar-refractivity contribution in [1.82, 2.24) is 15.5 Å². The highest BCUT2D eigenvalue weighted by Gasteiger charge is 2.32. The number of benzene rings is 1. The molecule has 26 heavy (non-hydrogen) atoms. The summed E-state index contributed by atoms with van der Waals surface area (Å²) in [6.07, 6.45) is 5.96. The molecule has 0 bridgehead atoms. The molecular formula is C20H30ClN3O2. The van der Waals surface area contributed by atoms with Crippen LogP contribution in [0.1, 0.15) is 51.0 Å². The highest BCUT2D eigenvalue weighted by atomic mass is 35.5. The molecule has 1 saturated heterocycles. The molecule has 0 aromatic heterocycles. The van der Waals surface area contributed by atoms with Crippen LogP contribution in [0.5, 0.6) is 0 Å². The molecule has 5 nitrogen and oxygen atoms in total. The van der Waals surface area contributed by atoms with Crippen molar-refractivity contribution in [1.29, 1.82) is 0 Å². The minimum absolute atomic E-state index is 0.105. The molecule has 1 heterocycles. The zero-order valence-corrected chi connectivity index (χ0v) is 16.2. The summed E-state index contributed by atoms with van der Waals surface area (Å²) in [6.45, 7) is 3.69. The van der Waals surface area contributed by atoms with Gasteiger partial charge in [0.15, 0.2) is 0 Å². The van der Waals surface area contributed by atoms with Crippen LogP contribution in [0.3, 0.4) is 0 Å². The average Bonchev–Trinajstić information content (AvgIpc) is 2.95. The Labute approximate surface area is 161 Å². The maximum atomic E-state index is 12.1. The summed E-state index contributed by atoms with van der Waals surface area (Å²) in [5, 5.41) is 16.8. The third-order valence-corrected chi connectivity index (χ3v) is 6.06. The Bertz CT molecular complexity index is 577. The number of aliphatic hydroxyl groups is 1. The lowest BCUT2D eigenvalue weighted by molar-refractivity contribution is 0.00567. The summed E-state index contributed by atoms with van der Waals surface area (Å²) < 4.78 is 0. The monoisotopic (exact) mass is 379 g/mol. The van der Waals surface area contributed by atoms with E-state index in [9.17, 15) is 9.90 Å². The molecule has 144 valence electrons. The van der Waals surface area contributed by atoms with Crippen LogP contribution in [-0.4, -0.2) is 40.9 Å². The van der Waals surface area contributed by atoms with Gasteiger partial charge in [0, 0.05) is 30.2 Å². The van der Waals surface area contributed by atoms with Crippen molar-refractivity contribution in [3.8, 4) is 0 Å². The molecule has 0 radical (unpaired) electrons. The van der Waals surface area contributed by atoms with Crippen molar-refractivity contribution in [2.45, 2.75) is 70.3 Å². The van der Waals surface area contributed by atoms with Gasteiger partial charge >= 0.3 is 6.03 Å². The van der Waals surface area contributed by atoms with E-state index in [-0.39, 0.29) is 18.3 Å². The van der Waals surface area contributed by atoms with E-state index in [0.717, 1.165) is 50.6 Å². The molecule has 1 aromatic rings. The Hall–Kier alpha value is -1.30. The lowest BCUT2D eigenvalue weighted by atomic mass is 9.85. The number of carbonyl (C=O) groups excluding carboxylic acids is 1. The number of amides is 2. The lowest BCUT2D eigenvalue weighted by Crippen LogP contribution is -2.45. The zero-order valence-electron chi connectivity index (χ0n) is 15.5. The van der Waals surface area contributed by atoms with Gasteiger partial charge in [0.2, 0.25) is 0 Å². The highest BCUT2D eigenvalue weighted by molar-refractivity contribution is 6.30. The molecule has 1 saturated carbocycles. The van der Waals surface area contributed by atoms with Crippen LogP contribution in [-0.2, 0) is 6.54 Å². The minimum Gasteiger partial charge on any atom is -0.378 e. The van der Waals surface area contributed by atoms with Gasteiger partial charge in [-0.1, -0.05) is 23.7 Å². The van der Waals surface area contributed by atoms with E-state index in [2.05, 4.69) is 22.5 Å². The third-order valence-electron chi connectivity index (χ3n) is 5.81. The lowest BCUT2D eigenvalue weighted by Gasteiger charge is -2.34. The second-order valence-corrected chi connectivity index (χ2v) is 8.21. The molecule has 0 spiro atoms. The summed E-state index contributed by atoms with van der Waals surface area (Å²) >= 11 is 5.87. The number of carbonyl (C=O) groups is 1. The Kier molecular flexibility index (Phi) is 6.79. The molecule has 2 amide bonds. The topological polar surface area (TPSA) is 64.6 Å². The fourth-order valence-electron chi connectivity index (χ4n) is 4.13. The van der Waals surface area contributed by atoms with E-state index >= 15 is 0 Å². The zero-order chi connectivity index (χ0) is 18.5. The first-order valence-electron chi connectivity index (χ1n) is 9.74. The summed E-state index contributed by atoms with van der Waals surface area (Å²) in [7, 11) is 0. The number of halogens is 1. The van der Waals surface area contributed by atoms with Gasteiger partial charge < -0.3 is 15.7 Å². The van der Waals surface area contributed by atoms with Gasteiger partial charge in [-0.25, -0.2) is 4.79 Å². The van der Waals surface area contributed by atoms with Gasteiger partial charge in [-0.3, -0.25) is 4.90 Å². The standard InChI is InChI=1S/C20H30ClN3O2/c1-14-2-11-19(25)24(14)13-16-5-9-18(10-6-16)23-20(26)22-12-15-3-7-17(21)8-4-15/h3-4,7-8,14,16,18-19,25H,2,5-6,9-13H2,1H3,(H2,22,23,26). The second-order valence-electron chi connectivity index (χ2n) is 7.77. The first kappa shape index (κ1) is 19.5. The maximum absolute atomic E-state index is 12.1. The Morgan fingerprint density at radius 1 is 1.15 bits per heavy atom. The van der Waals surface area contributed by atoms with E-state index in [4.69, 9.17) is 11.6 Å². The van der Waals surface area contributed by atoms with Gasteiger partial charge in [0.1, 0.15) is 6.23 Å². The van der Waals surface area contributed by atoms with Crippen LogP contribution in [0, 0.1) is 5.92 Å². The molecule has 3 rings (SSSR count). The van der Waals surface area contributed by atoms with Gasteiger partial charge in [-0.2, -0.15) is 0 Å². The van der Waals surface area contributed by atoms with Crippen molar-refractivity contribution < 1.29 is 9.90 Å². The first-order valence-corrected chi connectivity index (χ1v) is 10.1. The fourth-order valence-corrected chi connectivity index (χ4v) is 4.25. The quantitative estimate of drug-likeness (QED) is 0.733. The number of urea groups is 1. The van der Waals surface area contributed by atoms with Crippen LogP contribution in [0.2, 0.25) is 5.02 Å². The van der Waals surface area contributed by atoms with E-state index in [0.29, 0.717) is 23.5 Å². The van der Waals surface area contributed by atoms with Gasteiger partial charge in [0.25, 0.3) is 0 Å². The van der Waals surface area contributed by atoms with Crippen molar-refractivity contribution in [3.05, 3.63) is 34.9 Å². The molecule has 2 fully saturated rings. The Balaban J connectivity index is 1.35. The molecule has 2 atom stereocenters. The molecule has 1 aliphatic heterocycles. The smallest absolute Gasteiger partial charge is 0.315 e. The Morgan fingerprint density at radius 2 is 1.85 bits per heavy atom. The van der Waals surface area contributed by atoms with Crippen molar-refractivity contribution in [2.24, 2.45) is 5.92 Å². The normalized spacial score (nSPS) is 29.5. The number of hydrogen-bond acceptors (Lipinski definition) is 3. The van der Waals surface area contributed by atoms with Gasteiger partial charge in [-0.15, -0.1) is 0 Å². The molecular weight excluding hydrogens is 350 g/mol. The van der Waals surface area contributed by atoms with Crippen LogP contribution >= 0.6 is 11.6 Å². The minimum atomic E-state index is -0.264. The molecule has 1 aromatic carbocycles. The Morgan fingerprint density at radius 3 is 2.46 bits per heavy atom. The van der Waals surface area contributed by atoms with E-state index in [1.54, 1.807) is 0 Å². The van der Waals surface area contributed by atoms with Gasteiger partial charge in [0.05, 0.1) is 0 Å². The van der Waals surface area contributed by atoms with Crippen molar-refractivity contribution >= 4 is 17.6 Å². The molecule has 6 heteroatoms. The maximum Gasteiger partial charge on any atom is 0.315 e. The van der Waals surface area contributed by atoms with Crippen LogP contribution in [0.15, 0.2) is 24.3 Å². The predicted octanol–water partition coefficient (Wildman–Crippen LogP) is 3.50. The number of nitrogens with one attached hydrogen (secondary N) is 2. The average molecular weight is 380 g/mol. The summed E-state index contributed by atoms with van der Waals surface area (Å²) in [5.74, 6) is 0.625. The number of hydrogen-bond donors (Lipinski definition) is 3. The number of rotatable bonds is 5. The van der Waals surface area contributed by atoms with Crippen molar-refractivity contribution in [2.75, 3.05) is 6.54 Å². The third kappa shape index (κ3) is 5.35. The summed E-state index contributed by atoms with van der Waals surface area (Å²) in [5.41, 5.74) is 1.03. The molecule has 3 N–H and O–H groups in total. The predicted molar refractivity (Wildman–Crippen MR) is 104 cm³/mol. The van der Waals surface area contributed by atoms with E-state index < -0.39 is 0 Å². The van der Waals surface area contributed by atoms with Crippen LogP contribution in [0.4, 0.5) is 4.79 Å². The SMILES string of the molecule is CC1CCC(O)N1CC1CCC(NC(=O)NCc2ccc(Cl)cc2)CC1. The van der Waals surface area contributed by atoms with E-state index in [1.165, 1.54) is 0 Å². The number of aliphatic hydroxyl groups excluding tert-OH is 1. The largest absolute Gasteiger partial charge is 0.378 e. The van der Waals surface area contributed by atoms with Crippen molar-refractivity contribution in [3.63, 3.8) is 0 Å². The molecule has 2 aliphatic rings. The summed E-state index contributed by atoms with van der Waals surface area (Å²) in [4.78, 5) is 14.4. The first-order chi connectivity index (χ1) is 12.5. The van der Waals surface area contributed by atoms with E-state index in [1.807, 2.05) is 24.3 Å². The number of nitrogens with zero attached hydrogens (tertiary/aromatic N) is 1. The molecule has 1 aliphatic carbocycles. The fraction of sp³-hybridized carbons (Fsp3) is 0.650. The molecule has 2 unspecified atom stereocenters. The highest BCUT2D eigenvalue weighted by Crippen LogP contribution is 2.29.